The van der Waals surface area contributed by atoms with E-state index < -0.39 is 0 Å². The number of aromatic amines is 1. The van der Waals surface area contributed by atoms with E-state index in [9.17, 15) is 5.11 Å². The van der Waals surface area contributed by atoms with E-state index in [2.05, 4.69) is 30.1 Å². The van der Waals surface area contributed by atoms with Gasteiger partial charge in [-0.05, 0) is 36.8 Å². The molecule has 3 rings (SSSR count). The number of ether oxygens (including phenoxy) is 1. The molecular formula is C16H15NO2. The summed E-state index contributed by atoms with van der Waals surface area (Å²) < 4.78 is 5.72. The van der Waals surface area contributed by atoms with Gasteiger partial charge in [0.25, 0.3) is 0 Å². The van der Waals surface area contributed by atoms with Crippen LogP contribution in [0.25, 0.3) is 10.9 Å². The molecule has 0 bridgehead atoms. The van der Waals surface area contributed by atoms with Crippen molar-refractivity contribution in [3.63, 3.8) is 0 Å². The largest absolute Gasteiger partial charge is 0.508 e. The summed E-state index contributed by atoms with van der Waals surface area (Å²) in [5.74, 6) is 0.995. The fourth-order valence-electron chi connectivity index (χ4n) is 2.19. The van der Waals surface area contributed by atoms with Gasteiger partial charge in [-0.3, -0.25) is 0 Å². The van der Waals surface area contributed by atoms with Crippen molar-refractivity contribution >= 4 is 10.9 Å². The molecule has 0 saturated heterocycles. The van der Waals surface area contributed by atoms with Gasteiger partial charge in [-0.1, -0.05) is 18.2 Å². The lowest BCUT2D eigenvalue weighted by molar-refractivity contribution is 0.307. The second-order valence-corrected chi connectivity index (χ2v) is 4.59. The van der Waals surface area contributed by atoms with Crippen LogP contribution >= 0.6 is 0 Å². The summed E-state index contributed by atoms with van der Waals surface area (Å²) in [6, 6.07) is 13.0. The van der Waals surface area contributed by atoms with E-state index >= 15 is 0 Å². The zero-order valence-electron chi connectivity index (χ0n) is 10.7. The van der Waals surface area contributed by atoms with Crippen molar-refractivity contribution in [2.24, 2.45) is 0 Å². The van der Waals surface area contributed by atoms with Crippen LogP contribution in [0.5, 0.6) is 11.5 Å². The standard InChI is InChI=1S/C16H15NO2/c1-11-3-2-4-15-12(9-17-16(11)15)10-19-14-7-5-13(18)6-8-14/h2-9,17-18H,10H2,1H3. The Labute approximate surface area is 111 Å². The summed E-state index contributed by atoms with van der Waals surface area (Å²) in [5.41, 5.74) is 3.52. The highest BCUT2D eigenvalue weighted by molar-refractivity contribution is 5.85. The lowest BCUT2D eigenvalue weighted by Gasteiger charge is -2.05. The molecule has 0 saturated carbocycles. The van der Waals surface area contributed by atoms with Crippen molar-refractivity contribution in [1.29, 1.82) is 0 Å². The normalized spacial score (nSPS) is 10.8. The molecule has 0 radical (unpaired) electrons. The molecule has 3 aromatic rings. The predicted molar refractivity (Wildman–Crippen MR) is 75.5 cm³/mol. The smallest absolute Gasteiger partial charge is 0.120 e. The van der Waals surface area contributed by atoms with Gasteiger partial charge in [0.1, 0.15) is 18.1 Å². The average Bonchev–Trinajstić information content (AvgIpc) is 2.83. The van der Waals surface area contributed by atoms with Crippen LogP contribution < -0.4 is 4.74 Å². The van der Waals surface area contributed by atoms with Crippen molar-refractivity contribution < 1.29 is 9.84 Å². The van der Waals surface area contributed by atoms with Crippen LogP contribution in [0.3, 0.4) is 0 Å². The minimum atomic E-state index is 0.245. The van der Waals surface area contributed by atoms with Crippen molar-refractivity contribution in [2.75, 3.05) is 0 Å². The van der Waals surface area contributed by atoms with Gasteiger partial charge < -0.3 is 14.8 Å². The van der Waals surface area contributed by atoms with Crippen molar-refractivity contribution in [3.05, 3.63) is 59.8 Å². The van der Waals surface area contributed by atoms with Gasteiger partial charge in [0.2, 0.25) is 0 Å². The number of phenolic OH excluding ortho intramolecular Hbond substituents is 1. The monoisotopic (exact) mass is 253 g/mol. The van der Waals surface area contributed by atoms with E-state index in [0.29, 0.717) is 6.61 Å². The molecule has 0 aliphatic rings. The molecule has 0 aliphatic heterocycles. The van der Waals surface area contributed by atoms with Crippen molar-refractivity contribution in [3.8, 4) is 11.5 Å². The topological polar surface area (TPSA) is 45.2 Å². The predicted octanol–water partition coefficient (Wildman–Crippen LogP) is 3.76. The third-order valence-corrected chi connectivity index (χ3v) is 3.24. The second-order valence-electron chi connectivity index (χ2n) is 4.59. The lowest BCUT2D eigenvalue weighted by Crippen LogP contribution is -1.94. The number of aromatic nitrogens is 1. The molecule has 0 aliphatic carbocycles. The Bertz CT molecular complexity index is 698. The number of rotatable bonds is 3. The van der Waals surface area contributed by atoms with Crippen LogP contribution in [0, 0.1) is 6.92 Å². The molecule has 19 heavy (non-hydrogen) atoms. The maximum absolute atomic E-state index is 9.22. The van der Waals surface area contributed by atoms with Crippen LogP contribution in [0.2, 0.25) is 0 Å². The number of nitrogens with one attached hydrogen (secondary N) is 1. The van der Waals surface area contributed by atoms with E-state index in [4.69, 9.17) is 4.74 Å². The average molecular weight is 253 g/mol. The molecule has 96 valence electrons. The minimum Gasteiger partial charge on any atom is -0.508 e. The zero-order chi connectivity index (χ0) is 13.2. The first-order chi connectivity index (χ1) is 9.24. The summed E-state index contributed by atoms with van der Waals surface area (Å²) in [4.78, 5) is 3.28. The Morgan fingerprint density at radius 3 is 2.68 bits per heavy atom. The summed E-state index contributed by atoms with van der Waals surface area (Å²) in [6.45, 7) is 2.59. The highest BCUT2D eigenvalue weighted by Gasteiger charge is 2.05. The van der Waals surface area contributed by atoms with Crippen LogP contribution in [0.4, 0.5) is 0 Å². The van der Waals surface area contributed by atoms with E-state index in [1.807, 2.05) is 6.20 Å². The molecule has 1 heterocycles. The van der Waals surface area contributed by atoms with E-state index in [0.717, 1.165) is 16.8 Å². The van der Waals surface area contributed by atoms with Gasteiger partial charge >= 0.3 is 0 Å². The number of phenols is 1. The first-order valence-electron chi connectivity index (χ1n) is 6.21. The Hall–Kier alpha value is -2.42. The van der Waals surface area contributed by atoms with E-state index in [1.165, 1.54) is 10.9 Å². The molecule has 0 spiro atoms. The molecule has 2 aromatic carbocycles. The van der Waals surface area contributed by atoms with Crippen LogP contribution in [0.1, 0.15) is 11.1 Å². The Morgan fingerprint density at radius 1 is 1.11 bits per heavy atom. The van der Waals surface area contributed by atoms with Crippen LogP contribution in [0.15, 0.2) is 48.7 Å². The van der Waals surface area contributed by atoms with Gasteiger partial charge in [-0.15, -0.1) is 0 Å². The van der Waals surface area contributed by atoms with Gasteiger partial charge in [0, 0.05) is 22.7 Å². The third-order valence-electron chi connectivity index (χ3n) is 3.24. The molecule has 3 heteroatoms. The van der Waals surface area contributed by atoms with Gasteiger partial charge in [-0.25, -0.2) is 0 Å². The summed E-state index contributed by atoms with van der Waals surface area (Å²) in [7, 11) is 0. The van der Waals surface area contributed by atoms with Crippen molar-refractivity contribution in [1.82, 2.24) is 4.98 Å². The Balaban J connectivity index is 1.82. The molecule has 3 nitrogen and oxygen atoms in total. The number of H-pyrrole nitrogens is 1. The number of fused-ring (bicyclic) bond motifs is 1. The number of aromatic hydroxyl groups is 1. The Morgan fingerprint density at radius 2 is 1.89 bits per heavy atom. The number of para-hydroxylation sites is 1. The second kappa shape index (κ2) is 4.69. The molecule has 0 unspecified atom stereocenters. The van der Waals surface area contributed by atoms with Crippen LogP contribution in [-0.2, 0) is 6.61 Å². The van der Waals surface area contributed by atoms with E-state index in [1.54, 1.807) is 24.3 Å². The minimum absolute atomic E-state index is 0.245. The number of aryl methyl sites for hydroxylation is 1. The first-order valence-corrected chi connectivity index (χ1v) is 6.21. The number of benzene rings is 2. The lowest BCUT2D eigenvalue weighted by atomic mass is 10.1. The molecule has 0 atom stereocenters. The van der Waals surface area contributed by atoms with Gasteiger partial charge in [-0.2, -0.15) is 0 Å². The molecule has 0 amide bonds. The number of hydrogen-bond donors (Lipinski definition) is 2. The molecule has 1 aromatic heterocycles. The SMILES string of the molecule is Cc1cccc2c(COc3ccc(O)cc3)c[nH]c12. The fourth-order valence-corrected chi connectivity index (χ4v) is 2.19. The summed E-state index contributed by atoms with van der Waals surface area (Å²) >= 11 is 0. The number of hydrogen-bond acceptors (Lipinski definition) is 2. The van der Waals surface area contributed by atoms with E-state index in [-0.39, 0.29) is 5.75 Å². The van der Waals surface area contributed by atoms with Crippen LogP contribution in [-0.4, -0.2) is 10.1 Å². The van der Waals surface area contributed by atoms with Gasteiger partial charge in [0.15, 0.2) is 0 Å². The fraction of sp³-hybridized carbons (Fsp3) is 0.125. The van der Waals surface area contributed by atoms with Gasteiger partial charge in [0.05, 0.1) is 0 Å². The zero-order valence-corrected chi connectivity index (χ0v) is 10.7. The molecular weight excluding hydrogens is 238 g/mol. The molecule has 0 fully saturated rings. The third kappa shape index (κ3) is 2.27. The highest BCUT2D eigenvalue weighted by Crippen LogP contribution is 2.23. The Kier molecular flexibility index (Phi) is 2.88. The quantitative estimate of drug-likeness (QED) is 0.746. The molecule has 2 N–H and O–H groups in total. The first kappa shape index (κ1) is 11.7. The maximum Gasteiger partial charge on any atom is 0.120 e. The summed E-state index contributed by atoms with van der Waals surface area (Å²) in [5, 5.41) is 10.4. The maximum atomic E-state index is 9.22. The highest BCUT2D eigenvalue weighted by atomic mass is 16.5. The van der Waals surface area contributed by atoms with Crippen molar-refractivity contribution in [2.45, 2.75) is 13.5 Å². The summed E-state index contributed by atoms with van der Waals surface area (Å²) in [6.07, 6.45) is 1.98.